The number of piperidine rings is 1. The SMILES string of the molecule is O=S(=O)(Nc1cccc(-c2ccc(N3CCCCC3)nn2)c1)c1ccc(Br)cc1. The molecule has 0 aliphatic carbocycles. The van der Waals surface area contributed by atoms with Gasteiger partial charge in [-0.2, -0.15) is 0 Å². The van der Waals surface area contributed by atoms with Crippen molar-refractivity contribution in [1.29, 1.82) is 0 Å². The maximum absolute atomic E-state index is 12.6. The summed E-state index contributed by atoms with van der Waals surface area (Å²) < 4.78 is 28.7. The molecule has 1 N–H and O–H groups in total. The molecule has 3 aromatic rings. The Kier molecular flexibility index (Phi) is 5.82. The Hall–Kier alpha value is -2.45. The van der Waals surface area contributed by atoms with Crippen molar-refractivity contribution < 1.29 is 8.42 Å². The Morgan fingerprint density at radius 3 is 2.34 bits per heavy atom. The van der Waals surface area contributed by atoms with E-state index in [1.807, 2.05) is 18.2 Å². The maximum Gasteiger partial charge on any atom is 0.261 e. The van der Waals surface area contributed by atoms with Crippen molar-refractivity contribution in [2.45, 2.75) is 24.2 Å². The number of hydrogen-bond acceptors (Lipinski definition) is 5. The molecule has 8 heteroatoms. The van der Waals surface area contributed by atoms with Crippen LogP contribution in [0.1, 0.15) is 19.3 Å². The van der Waals surface area contributed by atoms with Crippen molar-refractivity contribution in [3.63, 3.8) is 0 Å². The molecule has 1 aromatic heterocycles. The van der Waals surface area contributed by atoms with Crippen LogP contribution in [-0.4, -0.2) is 31.7 Å². The Morgan fingerprint density at radius 2 is 1.66 bits per heavy atom. The predicted octanol–water partition coefficient (Wildman–Crippen LogP) is 4.70. The van der Waals surface area contributed by atoms with E-state index in [9.17, 15) is 8.42 Å². The fraction of sp³-hybridized carbons (Fsp3) is 0.238. The number of nitrogens with one attached hydrogen (secondary N) is 1. The number of sulfonamides is 1. The van der Waals surface area contributed by atoms with Gasteiger partial charge in [0, 0.05) is 28.8 Å². The Bertz CT molecular complexity index is 1080. The number of benzene rings is 2. The molecule has 4 rings (SSSR count). The first-order valence-electron chi connectivity index (χ1n) is 9.49. The monoisotopic (exact) mass is 472 g/mol. The van der Waals surface area contributed by atoms with Crippen LogP contribution in [0.25, 0.3) is 11.3 Å². The van der Waals surface area contributed by atoms with Gasteiger partial charge in [0.05, 0.1) is 10.6 Å². The van der Waals surface area contributed by atoms with Gasteiger partial charge >= 0.3 is 0 Å². The lowest BCUT2D eigenvalue weighted by molar-refractivity contribution is 0.571. The highest BCUT2D eigenvalue weighted by Gasteiger charge is 2.15. The summed E-state index contributed by atoms with van der Waals surface area (Å²) >= 11 is 3.31. The van der Waals surface area contributed by atoms with Gasteiger partial charge in [0.15, 0.2) is 5.82 Å². The molecule has 1 aliphatic rings. The summed E-state index contributed by atoms with van der Waals surface area (Å²) in [7, 11) is -3.66. The van der Waals surface area contributed by atoms with Gasteiger partial charge in [-0.3, -0.25) is 4.72 Å². The molecule has 0 unspecified atom stereocenters. The third-order valence-corrected chi connectivity index (χ3v) is 6.79. The second kappa shape index (κ2) is 8.51. The normalized spacial score (nSPS) is 14.6. The van der Waals surface area contributed by atoms with E-state index < -0.39 is 10.0 Å². The average Bonchev–Trinajstić information content (AvgIpc) is 2.75. The zero-order valence-corrected chi connectivity index (χ0v) is 18.2. The second-order valence-corrected chi connectivity index (χ2v) is 9.56. The van der Waals surface area contributed by atoms with Crippen molar-refractivity contribution in [2.24, 2.45) is 0 Å². The molecule has 1 aliphatic heterocycles. The fourth-order valence-corrected chi connectivity index (χ4v) is 4.65. The van der Waals surface area contributed by atoms with Gasteiger partial charge in [0.1, 0.15) is 0 Å². The van der Waals surface area contributed by atoms with E-state index in [4.69, 9.17) is 0 Å². The first-order valence-corrected chi connectivity index (χ1v) is 11.8. The Labute approximate surface area is 179 Å². The van der Waals surface area contributed by atoms with E-state index in [1.165, 1.54) is 19.3 Å². The summed E-state index contributed by atoms with van der Waals surface area (Å²) in [4.78, 5) is 2.46. The number of anilines is 2. The smallest absolute Gasteiger partial charge is 0.261 e. The van der Waals surface area contributed by atoms with Crippen LogP contribution in [-0.2, 0) is 10.0 Å². The molecule has 0 atom stereocenters. The first kappa shape index (κ1) is 19.8. The standard InChI is InChI=1S/C21H21BrN4O2S/c22-17-7-9-19(10-8-17)29(27,28)25-18-6-4-5-16(15-18)20-11-12-21(24-23-20)26-13-2-1-3-14-26/h4-12,15,25H,1-3,13-14H2. The van der Waals surface area contributed by atoms with E-state index in [2.05, 4.69) is 35.7 Å². The molecular weight excluding hydrogens is 452 g/mol. The molecule has 0 spiro atoms. The minimum atomic E-state index is -3.66. The summed E-state index contributed by atoms with van der Waals surface area (Å²) in [5, 5.41) is 8.73. The zero-order valence-electron chi connectivity index (χ0n) is 15.8. The molecule has 150 valence electrons. The number of aromatic nitrogens is 2. The van der Waals surface area contributed by atoms with Crippen LogP contribution in [0.5, 0.6) is 0 Å². The molecule has 0 saturated carbocycles. The van der Waals surface area contributed by atoms with E-state index >= 15 is 0 Å². The number of hydrogen-bond donors (Lipinski definition) is 1. The van der Waals surface area contributed by atoms with Crippen LogP contribution < -0.4 is 9.62 Å². The lowest BCUT2D eigenvalue weighted by Crippen LogP contribution is -2.30. The minimum absolute atomic E-state index is 0.205. The zero-order chi connectivity index (χ0) is 20.3. The van der Waals surface area contributed by atoms with Gasteiger partial charge in [0.25, 0.3) is 10.0 Å². The van der Waals surface area contributed by atoms with Crippen LogP contribution in [0.4, 0.5) is 11.5 Å². The lowest BCUT2D eigenvalue weighted by Gasteiger charge is -2.27. The summed E-state index contributed by atoms with van der Waals surface area (Å²) in [6, 6.07) is 17.6. The second-order valence-electron chi connectivity index (χ2n) is 6.96. The van der Waals surface area contributed by atoms with Crippen LogP contribution in [0.2, 0.25) is 0 Å². The van der Waals surface area contributed by atoms with E-state index in [1.54, 1.807) is 42.5 Å². The highest BCUT2D eigenvalue weighted by atomic mass is 79.9. The van der Waals surface area contributed by atoms with Crippen LogP contribution in [0, 0.1) is 0 Å². The van der Waals surface area contributed by atoms with Gasteiger partial charge in [-0.05, 0) is 67.8 Å². The predicted molar refractivity (Wildman–Crippen MR) is 118 cm³/mol. The third kappa shape index (κ3) is 4.76. The fourth-order valence-electron chi connectivity index (χ4n) is 3.34. The van der Waals surface area contributed by atoms with Gasteiger partial charge in [-0.1, -0.05) is 28.1 Å². The number of halogens is 1. The molecule has 0 bridgehead atoms. The molecular formula is C21H21BrN4O2S. The lowest BCUT2D eigenvalue weighted by atomic mass is 10.1. The summed E-state index contributed by atoms with van der Waals surface area (Å²) in [6.07, 6.45) is 3.64. The van der Waals surface area contributed by atoms with Gasteiger partial charge in [-0.25, -0.2) is 8.42 Å². The van der Waals surface area contributed by atoms with E-state index in [0.29, 0.717) is 11.4 Å². The average molecular weight is 473 g/mol. The molecule has 1 fully saturated rings. The number of nitrogens with zero attached hydrogens (tertiary/aromatic N) is 3. The van der Waals surface area contributed by atoms with Crippen LogP contribution >= 0.6 is 15.9 Å². The quantitative estimate of drug-likeness (QED) is 0.582. The van der Waals surface area contributed by atoms with Crippen molar-refractivity contribution in [1.82, 2.24) is 10.2 Å². The molecule has 29 heavy (non-hydrogen) atoms. The van der Waals surface area contributed by atoms with Gasteiger partial charge in [0.2, 0.25) is 0 Å². The highest BCUT2D eigenvalue weighted by Crippen LogP contribution is 2.25. The Balaban J connectivity index is 1.53. The van der Waals surface area contributed by atoms with Crippen molar-refractivity contribution in [3.8, 4) is 11.3 Å². The van der Waals surface area contributed by atoms with Crippen LogP contribution in [0.15, 0.2) is 70.0 Å². The molecule has 6 nitrogen and oxygen atoms in total. The summed E-state index contributed by atoms with van der Waals surface area (Å²) in [6.45, 7) is 2.03. The van der Waals surface area contributed by atoms with Gasteiger partial charge < -0.3 is 4.90 Å². The molecule has 0 radical (unpaired) electrons. The Morgan fingerprint density at radius 1 is 0.897 bits per heavy atom. The topological polar surface area (TPSA) is 75.2 Å². The summed E-state index contributed by atoms with van der Waals surface area (Å²) in [5.74, 6) is 0.889. The minimum Gasteiger partial charge on any atom is -0.355 e. The summed E-state index contributed by atoms with van der Waals surface area (Å²) in [5.41, 5.74) is 1.99. The van der Waals surface area contributed by atoms with Crippen LogP contribution in [0.3, 0.4) is 0 Å². The van der Waals surface area contributed by atoms with Crippen molar-refractivity contribution in [3.05, 3.63) is 65.1 Å². The van der Waals surface area contributed by atoms with Crippen molar-refractivity contribution in [2.75, 3.05) is 22.7 Å². The van der Waals surface area contributed by atoms with E-state index in [0.717, 1.165) is 28.9 Å². The van der Waals surface area contributed by atoms with E-state index in [-0.39, 0.29) is 4.90 Å². The largest absolute Gasteiger partial charge is 0.355 e. The molecule has 2 heterocycles. The maximum atomic E-state index is 12.6. The molecule has 0 amide bonds. The number of rotatable bonds is 5. The first-order chi connectivity index (χ1) is 14.0. The third-order valence-electron chi connectivity index (χ3n) is 4.87. The molecule has 2 aromatic carbocycles. The van der Waals surface area contributed by atoms with Gasteiger partial charge in [-0.15, -0.1) is 10.2 Å². The highest BCUT2D eigenvalue weighted by molar-refractivity contribution is 9.10. The molecule has 1 saturated heterocycles. The van der Waals surface area contributed by atoms with Crippen molar-refractivity contribution >= 4 is 37.5 Å².